The van der Waals surface area contributed by atoms with E-state index < -0.39 is 0 Å². The highest BCUT2D eigenvalue weighted by Crippen LogP contribution is 2.21. The summed E-state index contributed by atoms with van der Waals surface area (Å²) < 4.78 is 0. The number of piperazine rings is 1. The van der Waals surface area contributed by atoms with Gasteiger partial charge in [-0.05, 0) is 24.7 Å². The van der Waals surface area contributed by atoms with Crippen molar-refractivity contribution >= 4 is 11.7 Å². The Morgan fingerprint density at radius 3 is 2.20 bits per heavy atom. The van der Waals surface area contributed by atoms with Crippen molar-refractivity contribution in [2.75, 3.05) is 45.1 Å². The van der Waals surface area contributed by atoms with E-state index in [1.165, 1.54) is 5.56 Å². The zero-order valence-electron chi connectivity index (χ0n) is 14.7. The molecule has 2 N–H and O–H groups in total. The predicted molar refractivity (Wildman–Crippen MR) is 102 cm³/mol. The third-order valence-electron chi connectivity index (χ3n) is 4.65. The van der Waals surface area contributed by atoms with Crippen molar-refractivity contribution < 1.29 is 4.79 Å². The molecule has 0 saturated carbocycles. The van der Waals surface area contributed by atoms with Gasteiger partial charge in [-0.25, -0.2) is 4.79 Å². The number of nitrogens with zero attached hydrogens (tertiary/aromatic N) is 2. The summed E-state index contributed by atoms with van der Waals surface area (Å²) in [6.07, 6.45) is 0. The van der Waals surface area contributed by atoms with Crippen LogP contribution in [0.5, 0.6) is 0 Å². The van der Waals surface area contributed by atoms with Crippen LogP contribution in [0.2, 0.25) is 0 Å². The van der Waals surface area contributed by atoms with E-state index >= 15 is 0 Å². The van der Waals surface area contributed by atoms with Crippen molar-refractivity contribution in [3.63, 3.8) is 0 Å². The van der Waals surface area contributed by atoms with Gasteiger partial charge in [-0.1, -0.05) is 48.5 Å². The molecule has 5 heteroatoms. The Morgan fingerprint density at radius 2 is 1.56 bits per heavy atom. The van der Waals surface area contributed by atoms with Crippen LogP contribution in [-0.2, 0) is 0 Å². The molecule has 0 spiro atoms. The average Bonchev–Trinajstić information content (AvgIpc) is 2.65. The van der Waals surface area contributed by atoms with Crippen molar-refractivity contribution in [2.45, 2.75) is 6.04 Å². The molecule has 1 saturated heterocycles. The van der Waals surface area contributed by atoms with Gasteiger partial charge in [0.25, 0.3) is 0 Å². The maximum absolute atomic E-state index is 12.2. The molecule has 1 aliphatic heterocycles. The van der Waals surface area contributed by atoms with Gasteiger partial charge in [0.05, 0.1) is 6.04 Å². The summed E-state index contributed by atoms with van der Waals surface area (Å²) >= 11 is 0. The minimum Gasteiger partial charge on any atom is -0.336 e. The SMILES string of the molecule is CN1CCN(C(CNC(=O)Nc2ccccc2)c2ccccc2)CC1. The second-order valence-corrected chi connectivity index (χ2v) is 6.47. The Balaban J connectivity index is 1.62. The summed E-state index contributed by atoms with van der Waals surface area (Å²) in [6.45, 7) is 4.72. The minimum atomic E-state index is -0.166. The van der Waals surface area contributed by atoms with Gasteiger partial charge >= 0.3 is 6.03 Å². The number of hydrogen-bond acceptors (Lipinski definition) is 3. The Kier molecular flexibility index (Phi) is 6.04. The first kappa shape index (κ1) is 17.5. The molecule has 3 rings (SSSR count). The number of carbonyl (C=O) groups is 1. The number of nitrogens with one attached hydrogen (secondary N) is 2. The lowest BCUT2D eigenvalue weighted by Gasteiger charge is -2.38. The van der Waals surface area contributed by atoms with Crippen LogP contribution in [0.3, 0.4) is 0 Å². The fourth-order valence-corrected chi connectivity index (χ4v) is 3.15. The first-order valence-electron chi connectivity index (χ1n) is 8.80. The largest absolute Gasteiger partial charge is 0.336 e. The van der Waals surface area contributed by atoms with Crippen molar-refractivity contribution in [1.29, 1.82) is 0 Å². The third kappa shape index (κ3) is 5.05. The van der Waals surface area contributed by atoms with Crippen LogP contribution in [0.15, 0.2) is 60.7 Å². The fraction of sp³-hybridized carbons (Fsp3) is 0.350. The van der Waals surface area contributed by atoms with E-state index in [4.69, 9.17) is 0 Å². The summed E-state index contributed by atoms with van der Waals surface area (Å²) in [6, 6.07) is 20.0. The zero-order chi connectivity index (χ0) is 17.5. The maximum Gasteiger partial charge on any atom is 0.319 e. The number of carbonyl (C=O) groups excluding carboxylic acids is 1. The first-order chi connectivity index (χ1) is 12.2. The summed E-state index contributed by atoms with van der Waals surface area (Å²) in [4.78, 5) is 17.0. The number of benzene rings is 2. The van der Waals surface area contributed by atoms with Gasteiger partial charge in [0, 0.05) is 38.4 Å². The van der Waals surface area contributed by atoms with Crippen molar-refractivity contribution in [1.82, 2.24) is 15.1 Å². The molecular weight excluding hydrogens is 312 g/mol. The minimum absolute atomic E-state index is 0.166. The van der Waals surface area contributed by atoms with Gasteiger partial charge in [-0.15, -0.1) is 0 Å². The van der Waals surface area contributed by atoms with Crippen LogP contribution in [0.4, 0.5) is 10.5 Å². The highest BCUT2D eigenvalue weighted by molar-refractivity contribution is 5.89. The molecule has 25 heavy (non-hydrogen) atoms. The highest BCUT2D eigenvalue weighted by Gasteiger charge is 2.24. The standard InChI is InChI=1S/C20H26N4O/c1-23-12-14-24(15-13-23)19(17-8-4-2-5-9-17)16-21-20(25)22-18-10-6-3-7-11-18/h2-11,19H,12-16H2,1H3,(H2,21,22,25). The molecular formula is C20H26N4O. The van der Waals surface area contributed by atoms with E-state index in [-0.39, 0.29) is 12.1 Å². The molecule has 0 radical (unpaired) electrons. The molecule has 2 aromatic carbocycles. The number of rotatable bonds is 5. The van der Waals surface area contributed by atoms with E-state index in [2.05, 4.69) is 51.7 Å². The summed E-state index contributed by atoms with van der Waals surface area (Å²) in [5.74, 6) is 0. The smallest absolute Gasteiger partial charge is 0.319 e. The molecule has 0 bridgehead atoms. The molecule has 1 aliphatic rings. The van der Waals surface area contributed by atoms with E-state index in [1.807, 2.05) is 36.4 Å². The predicted octanol–water partition coefficient (Wildman–Crippen LogP) is 2.80. The quantitative estimate of drug-likeness (QED) is 0.881. The Bertz CT molecular complexity index is 654. The monoisotopic (exact) mass is 338 g/mol. The van der Waals surface area contributed by atoms with Gasteiger partial charge in [-0.3, -0.25) is 4.90 Å². The number of hydrogen-bond donors (Lipinski definition) is 2. The lowest BCUT2D eigenvalue weighted by Crippen LogP contribution is -2.48. The number of para-hydroxylation sites is 1. The summed E-state index contributed by atoms with van der Waals surface area (Å²) in [7, 11) is 2.15. The van der Waals surface area contributed by atoms with Crippen LogP contribution in [-0.4, -0.2) is 55.6 Å². The Morgan fingerprint density at radius 1 is 0.960 bits per heavy atom. The number of likely N-dealkylation sites (N-methyl/N-ethyl adjacent to an activating group) is 1. The average molecular weight is 338 g/mol. The van der Waals surface area contributed by atoms with Crippen molar-refractivity contribution in [2.24, 2.45) is 0 Å². The molecule has 1 fully saturated rings. The molecule has 1 atom stereocenters. The molecule has 1 unspecified atom stereocenters. The van der Waals surface area contributed by atoms with Gasteiger partial charge in [0.15, 0.2) is 0 Å². The lowest BCUT2D eigenvalue weighted by atomic mass is 10.0. The van der Waals surface area contributed by atoms with E-state index in [0.717, 1.165) is 31.9 Å². The van der Waals surface area contributed by atoms with Crippen molar-refractivity contribution in [3.05, 3.63) is 66.2 Å². The molecule has 0 aliphatic carbocycles. The normalized spacial score (nSPS) is 17.0. The van der Waals surface area contributed by atoms with Gasteiger partial charge in [0.2, 0.25) is 0 Å². The van der Waals surface area contributed by atoms with Crippen LogP contribution >= 0.6 is 0 Å². The molecule has 0 aromatic heterocycles. The fourth-order valence-electron chi connectivity index (χ4n) is 3.15. The number of amides is 2. The third-order valence-corrected chi connectivity index (χ3v) is 4.65. The van der Waals surface area contributed by atoms with Gasteiger partial charge in [0.1, 0.15) is 0 Å². The summed E-state index contributed by atoms with van der Waals surface area (Å²) in [5, 5.41) is 5.91. The maximum atomic E-state index is 12.2. The summed E-state index contributed by atoms with van der Waals surface area (Å²) in [5.41, 5.74) is 2.04. The molecule has 2 aromatic rings. The van der Waals surface area contributed by atoms with Crippen LogP contribution in [0, 0.1) is 0 Å². The highest BCUT2D eigenvalue weighted by atomic mass is 16.2. The van der Waals surface area contributed by atoms with Crippen LogP contribution in [0.25, 0.3) is 0 Å². The van der Waals surface area contributed by atoms with Crippen LogP contribution in [0.1, 0.15) is 11.6 Å². The molecule has 1 heterocycles. The van der Waals surface area contributed by atoms with E-state index in [9.17, 15) is 4.79 Å². The zero-order valence-corrected chi connectivity index (χ0v) is 14.7. The molecule has 132 valence electrons. The first-order valence-corrected chi connectivity index (χ1v) is 8.80. The van der Waals surface area contributed by atoms with Gasteiger partial charge in [-0.2, -0.15) is 0 Å². The second kappa shape index (κ2) is 8.65. The van der Waals surface area contributed by atoms with Crippen LogP contribution < -0.4 is 10.6 Å². The second-order valence-electron chi connectivity index (χ2n) is 6.47. The molecule has 2 amide bonds. The number of anilines is 1. The topological polar surface area (TPSA) is 47.6 Å². The van der Waals surface area contributed by atoms with E-state index in [0.29, 0.717) is 6.54 Å². The Hall–Kier alpha value is -2.37. The molecule has 5 nitrogen and oxygen atoms in total. The van der Waals surface area contributed by atoms with Crippen molar-refractivity contribution in [3.8, 4) is 0 Å². The Labute approximate surface area is 149 Å². The number of urea groups is 1. The van der Waals surface area contributed by atoms with E-state index in [1.54, 1.807) is 0 Å². The van der Waals surface area contributed by atoms with Gasteiger partial charge < -0.3 is 15.5 Å². The lowest BCUT2D eigenvalue weighted by molar-refractivity contribution is 0.111.